The van der Waals surface area contributed by atoms with Crippen LogP contribution in [0.4, 0.5) is 0 Å². The van der Waals surface area contributed by atoms with Gasteiger partial charge in [0.15, 0.2) is 0 Å². The van der Waals surface area contributed by atoms with Gasteiger partial charge in [-0.3, -0.25) is 0 Å². The number of rotatable bonds is 0. The van der Waals surface area contributed by atoms with E-state index in [9.17, 15) is 0 Å². The first kappa shape index (κ1) is 7.62. The van der Waals surface area contributed by atoms with Gasteiger partial charge in [0.05, 0.1) is 11.4 Å². The molecule has 3 rings (SSSR count). The zero-order chi connectivity index (χ0) is 9.54. The van der Waals surface area contributed by atoms with Gasteiger partial charge in [-0.15, -0.1) is 0 Å². The molecule has 0 aliphatic heterocycles. The van der Waals surface area contributed by atoms with Crippen LogP contribution >= 0.6 is 0 Å². The Morgan fingerprint density at radius 3 is 2.93 bits per heavy atom. The standard InChI is InChI=1S/C11H11N3/c12-14-10-6-5-8-7-3-1-2-4-9(7)13-11(8)10/h1-4,13H,5-6,12H2/b14-10+. The van der Waals surface area contributed by atoms with E-state index in [4.69, 9.17) is 5.84 Å². The zero-order valence-electron chi connectivity index (χ0n) is 7.75. The van der Waals surface area contributed by atoms with Crippen LogP contribution in [0.1, 0.15) is 17.7 Å². The Morgan fingerprint density at radius 2 is 2.07 bits per heavy atom. The number of hydrogen-bond donors (Lipinski definition) is 2. The number of fused-ring (bicyclic) bond motifs is 3. The van der Waals surface area contributed by atoms with Crippen LogP contribution in [0.2, 0.25) is 0 Å². The van der Waals surface area contributed by atoms with E-state index in [2.05, 4.69) is 28.3 Å². The molecule has 2 aromatic rings. The molecule has 0 fully saturated rings. The lowest BCUT2D eigenvalue weighted by atomic mass is 10.1. The molecule has 0 saturated heterocycles. The smallest absolute Gasteiger partial charge is 0.0841 e. The van der Waals surface area contributed by atoms with Crippen LogP contribution < -0.4 is 5.84 Å². The summed E-state index contributed by atoms with van der Waals surface area (Å²) in [6, 6.07) is 8.33. The van der Waals surface area contributed by atoms with Crippen molar-refractivity contribution in [3.63, 3.8) is 0 Å². The summed E-state index contributed by atoms with van der Waals surface area (Å²) in [7, 11) is 0. The second kappa shape index (κ2) is 2.61. The molecule has 70 valence electrons. The molecule has 0 radical (unpaired) electrons. The highest BCUT2D eigenvalue weighted by Crippen LogP contribution is 2.29. The Bertz CT molecular complexity index is 522. The number of hydrogen-bond acceptors (Lipinski definition) is 2. The summed E-state index contributed by atoms with van der Waals surface area (Å²) in [5.41, 5.74) is 4.67. The van der Waals surface area contributed by atoms with Gasteiger partial charge in [0, 0.05) is 10.9 Å². The van der Waals surface area contributed by atoms with Crippen molar-refractivity contribution in [2.45, 2.75) is 12.8 Å². The van der Waals surface area contributed by atoms with E-state index < -0.39 is 0 Å². The van der Waals surface area contributed by atoms with Crippen molar-refractivity contribution in [1.82, 2.24) is 4.98 Å². The van der Waals surface area contributed by atoms with E-state index in [-0.39, 0.29) is 0 Å². The van der Waals surface area contributed by atoms with Crippen LogP contribution in [0.5, 0.6) is 0 Å². The molecule has 3 N–H and O–H groups in total. The van der Waals surface area contributed by atoms with Gasteiger partial charge in [0.25, 0.3) is 0 Å². The molecule has 1 aromatic carbocycles. The van der Waals surface area contributed by atoms with Crippen molar-refractivity contribution in [1.29, 1.82) is 0 Å². The number of nitrogens with one attached hydrogen (secondary N) is 1. The maximum atomic E-state index is 5.34. The molecule has 0 amide bonds. The molecule has 14 heavy (non-hydrogen) atoms. The summed E-state index contributed by atoms with van der Waals surface area (Å²) in [6.45, 7) is 0. The van der Waals surface area contributed by atoms with E-state index in [1.54, 1.807) is 0 Å². The predicted molar refractivity (Wildman–Crippen MR) is 57.3 cm³/mol. The van der Waals surface area contributed by atoms with Gasteiger partial charge in [0.1, 0.15) is 0 Å². The molecule has 0 bridgehead atoms. The highest BCUT2D eigenvalue weighted by atomic mass is 15.1. The predicted octanol–water partition coefficient (Wildman–Crippen LogP) is 1.78. The second-order valence-corrected chi connectivity index (χ2v) is 3.60. The van der Waals surface area contributed by atoms with E-state index >= 15 is 0 Å². The monoisotopic (exact) mass is 185 g/mol. The van der Waals surface area contributed by atoms with E-state index in [1.165, 1.54) is 16.5 Å². The Balaban J connectivity index is 2.37. The summed E-state index contributed by atoms with van der Waals surface area (Å²) in [6.07, 6.45) is 2.01. The maximum Gasteiger partial charge on any atom is 0.0841 e. The molecule has 1 aromatic heterocycles. The van der Waals surface area contributed by atoms with Crippen molar-refractivity contribution in [2.24, 2.45) is 10.9 Å². The first-order chi connectivity index (χ1) is 6.90. The minimum Gasteiger partial charge on any atom is -0.353 e. The summed E-state index contributed by atoms with van der Waals surface area (Å²) in [4.78, 5) is 3.37. The molecule has 0 unspecified atom stereocenters. The molecule has 0 spiro atoms. The molecule has 1 aliphatic rings. The van der Waals surface area contributed by atoms with E-state index in [0.717, 1.165) is 24.2 Å². The Kier molecular flexibility index (Phi) is 1.42. The molecule has 3 nitrogen and oxygen atoms in total. The molecule has 3 heteroatoms. The molecule has 0 saturated carbocycles. The number of nitrogens with two attached hydrogens (primary N) is 1. The van der Waals surface area contributed by atoms with Gasteiger partial charge < -0.3 is 10.8 Å². The van der Waals surface area contributed by atoms with E-state index in [1.807, 2.05) is 6.07 Å². The number of aryl methyl sites for hydroxylation is 1. The lowest BCUT2D eigenvalue weighted by Crippen LogP contribution is -1.99. The Labute approximate surface area is 81.6 Å². The topological polar surface area (TPSA) is 54.2 Å². The summed E-state index contributed by atoms with van der Waals surface area (Å²) in [5.74, 6) is 5.34. The lowest BCUT2D eigenvalue weighted by Gasteiger charge is -1.92. The highest BCUT2D eigenvalue weighted by Gasteiger charge is 2.21. The summed E-state index contributed by atoms with van der Waals surface area (Å²) < 4.78 is 0. The Hall–Kier alpha value is -1.77. The van der Waals surface area contributed by atoms with E-state index in [0.29, 0.717) is 0 Å². The molecular weight excluding hydrogens is 174 g/mol. The number of hydrazone groups is 1. The highest BCUT2D eigenvalue weighted by molar-refractivity contribution is 6.08. The molecular formula is C11H11N3. The van der Waals surface area contributed by atoms with Crippen molar-refractivity contribution in [3.8, 4) is 0 Å². The third kappa shape index (κ3) is 0.839. The van der Waals surface area contributed by atoms with Crippen molar-refractivity contribution >= 4 is 16.6 Å². The quantitative estimate of drug-likeness (QED) is 0.477. The van der Waals surface area contributed by atoms with Gasteiger partial charge in [-0.2, -0.15) is 5.10 Å². The fraction of sp³-hybridized carbons (Fsp3) is 0.182. The van der Waals surface area contributed by atoms with Gasteiger partial charge in [-0.1, -0.05) is 18.2 Å². The number of para-hydroxylation sites is 1. The molecule has 0 atom stereocenters. The second-order valence-electron chi connectivity index (χ2n) is 3.60. The van der Waals surface area contributed by atoms with Gasteiger partial charge in [0.2, 0.25) is 0 Å². The van der Waals surface area contributed by atoms with Crippen LogP contribution in [0.15, 0.2) is 29.4 Å². The number of aromatic amines is 1. The average Bonchev–Trinajstić information content (AvgIpc) is 2.75. The SMILES string of the molecule is N/N=C1\CCc2c1[nH]c1ccccc21. The third-order valence-corrected chi connectivity index (χ3v) is 2.87. The fourth-order valence-corrected chi connectivity index (χ4v) is 2.20. The Morgan fingerprint density at radius 1 is 1.21 bits per heavy atom. The van der Waals surface area contributed by atoms with Gasteiger partial charge in [-0.05, 0) is 24.5 Å². The molecule has 1 aliphatic carbocycles. The lowest BCUT2D eigenvalue weighted by molar-refractivity contribution is 1.09. The fourth-order valence-electron chi connectivity index (χ4n) is 2.20. The van der Waals surface area contributed by atoms with Crippen LogP contribution in [0.3, 0.4) is 0 Å². The summed E-state index contributed by atoms with van der Waals surface area (Å²) in [5, 5.41) is 5.12. The normalized spacial score (nSPS) is 17.9. The number of H-pyrrole nitrogens is 1. The van der Waals surface area contributed by atoms with Crippen LogP contribution in [0, 0.1) is 0 Å². The van der Waals surface area contributed by atoms with Crippen LogP contribution in [-0.2, 0) is 6.42 Å². The maximum absolute atomic E-state index is 5.34. The first-order valence-electron chi connectivity index (χ1n) is 4.77. The van der Waals surface area contributed by atoms with Crippen molar-refractivity contribution < 1.29 is 0 Å². The minimum absolute atomic E-state index is 0.961. The minimum atomic E-state index is 0.961. The zero-order valence-corrected chi connectivity index (χ0v) is 7.75. The van der Waals surface area contributed by atoms with Crippen molar-refractivity contribution in [3.05, 3.63) is 35.5 Å². The largest absolute Gasteiger partial charge is 0.353 e. The van der Waals surface area contributed by atoms with Crippen molar-refractivity contribution in [2.75, 3.05) is 0 Å². The number of nitrogens with zero attached hydrogens (tertiary/aromatic N) is 1. The van der Waals surface area contributed by atoms with Gasteiger partial charge in [-0.25, -0.2) is 0 Å². The van der Waals surface area contributed by atoms with Crippen LogP contribution in [0.25, 0.3) is 10.9 Å². The third-order valence-electron chi connectivity index (χ3n) is 2.87. The number of benzene rings is 1. The first-order valence-corrected chi connectivity index (χ1v) is 4.77. The number of aromatic nitrogens is 1. The summed E-state index contributed by atoms with van der Waals surface area (Å²) >= 11 is 0. The average molecular weight is 185 g/mol. The van der Waals surface area contributed by atoms with Crippen LogP contribution in [-0.4, -0.2) is 10.7 Å². The molecule has 1 heterocycles. The van der Waals surface area contributed by atoms with Gasteiger partial charge >= 0.3 is 0 Å².